The fraction of sp³-hybridized carbons (Fsp3) is 0.429. The molecule has 5 heteroatoms. The van der Waals surface area contributed by atoms with Gasteiger partial charge in [-0.1, -0.05) is 23.8 Å². The number of anilines is 1. The lowest BCUT2D eigenvalue weighted by Crippen LogP contribution is -2.36. The van der Waals surface area contributed by atoms with Crippen LogP contribution in [0.3, 0.4) is 0 Å². The van der Waals surface area contributed by atoms with E-state index in [1.54, 1.807) is 7.05 Å². The molecule has 0 atom stereocenters. The Morgan fingerprint density at radius 3 is 2.58 bits per heavy atom. The highest BCUT2D eigenvalue weighted by Crippen LogP contribution is 2.18. The number of aliphatic imine (C=N–C) groups is 1. The smallest absolute Gasteiger partial charge is 0.191 e. The summed E-state index contributed by atoms with van der Waals surface area (Å²) in [7, 11) is 1.81. The normalized spacial score (nSPS) is 14.6. The van der Waals surface area contributed by atoms with Crippen molar-refractivity contribution in [1.29, 1.82) is 0 Å². The molecule has 26 heavy (non-hydrogen) atoms. The molecule has 0 radical (unpaired) electrons. The molecule has 1 aromatic carbocycles. The van der Waals surface area contributed by atoms with Gasteiger partial charge in [-0.25, -0.2) is 4.98 Å². The second kappa shape index (κ2) is 8.70. The zero-order chi connectivity index (χ0) is 18.4. The van der Waals surface area contributed by atoms with Crippen LogP contribution in [-0.4, -0.2) is 31.1 Å². The summed E-state index contributed by atoms with van der Waals surface area (Å²) in [5.41, 5.74) is 5.10. The van der Waals surface area contributed by atoms with Crippen LogP contribution in [0.4, 0.5) is 5.82 Å². The predicted octanol–water partition coefficient (Wildman–Crippen LogP) is 3.16. The fourth-order valence-corrected chi connectivity index (χ4v) is 3.32. The lowest BCUT2D eigenvalue weighted by molar-refractivity contribution is 0.804. The van der Waals surface area contributed by atoms with E-state index in [1.165, 1.54) is 35.1 Å². The van der Waals surface area contributed by atoms with Crippen molar-refractivity contribution in [1.82, 2.24) is 15.6 Å². The number of hydrogen-bond acceptors (Lipinski definition) is 3. The van der Waals surface area contributed by atoms with Crippen molar-refractivity contribution < 1.29 is 0 Å². The van der Waals surface area contributed by atoms with E-state index in [1.807, 2.05) is 6.20 Å². The molecular weight excluding hydrogens is 322 g/mol. The van der Waals surface area contributed by atoms with Crippen LogP contribution in [0, 0.1) is 13.8 Å². The third kappa shape index (κ3) is 4.75. The number of nitrogens with one attached hydrogen (secondary N) is 2. The average molecular weight is 351 g/mol. The third-order valence-corrected chi connectivity index (χ3v) is 4.87. The molecule has 0 saturated carbocycles. The zero-order valence-corrected chi connectivity index (χ0v) is 16.0. The van der Waals surface area contributed by atoms with E-state index in [0.29, 0.717) is 0 Å². The van der Waals surface area contributed by atoms with Crippen LogP contribution in [0.25, 0.3) is 0 Å². The second-order valence-corrected chi connectivity index (χ2v) is 6.93. The first-order valence-electron chi connectivity index (χ1n) is 9.36. The average Bonchev–Trinajstić information content (AvgIpc) is 3.18. The first-order chi connectivity index (χ1) is 12.7. The van der Waals surface area contributed by atoms with Gasteiger partial charge in [0.1, 0.15) is 5.82 Å². The van der Waals surface area contributed by atoms with Crippen LogP contribution in [-0.2, 0) is 13.1 Å². The van der Waals surface area contributed by atoms with Crippen molar-refractivity contribution in [3.63, 3.8) is 0 Å². The van der Waals surface area contributed by atoms with Crippen LogP contribution < -0.4 is 15.5 Å². The molecule has 0 amide bonds. The van der Waals surface area contributed by atoms with E-state index in [2.05, 4.69) is 69.7 Å². The molecule has 1 aliphatic heterocycles. The Kier molecular flexibility index (Phi) is 6.10. The van der Waals surface area contributed by atoms with Gasteiger partial charge in [0.05, 0.1) is 0 Å². The van der Waals surface area contributed by atoms with Gasteiger partial charge < -0.3 is 15.5 Å². The van der Waals surface area contributed by atoms with Crippen molar-refractivity contribution in [3.8, 4) is 0 Å². The minimum atomic E-state index is 0.732. The van der Waals surface area contributed by atoms with Gasteiger partial charge in [-0.05, 0) is 55.5 Å². The highest BCUT2D eigenvalue weighted by atomic mass is 15.2. The Morgan fingerprint density at radius 2 is 1.85 bits per heavy atom. The van der Waals surface area contributed by atoms with E-state index in [-0.39, 0.29) is 0 Å². The van der Waals surface area contributed by atoms with Crippen molar-refractivity contribution in [2.75, 3.05) is 25.0 Å². The van der Waals surface area contributed by atoms with Crippen LogP contribution in [0.15, 0.2) is 41.5 Å². The van der Waals surface area contributed by atoms with Gasteiger partial charge in [-0.3, -0.25) is 4.99 Å². The van der Waals surface area contributed by atoms with Crippen molar-refractivity contribution >= 4 is 11.8 Å². The number of rotatable bonds is 5. The van der Waals surface area contributed by atoms with Gasteiger partial charge in [-0.2, -0.15) is 0 Å². The minimum absolute atomic E-state index is 0.732. The van der Waals surface area contributed by atoms with Gasteiger partial charge in [0.2, 0.25) is 0 Å². The van der Waals surface area contributed by atoms with Gasteiger partial charge >= 0.3 is 0 Å². The molecule has 2 N–H and O–H groups in total. The highest BCUT2D eigenvalue weighted by Gasteiger charge is 2.13. The summed E-state index contributed by atoms with van der Waals surface area (Å²) in [5.74, 6) is 1.89. The number of aromatic nitrogens is 1. The topological polar surface area (TPSA) is 52.6 Å². The lowest BCUT2D eigenvalue weighted by Gasteiger charge is -2.17. The monoisotopic (exact) mass is 351 g/mol. The molecule has 2 heterocycles. The standard InChI is InChI=1S/C21H29N5/c1-16-6-7-19(17(2)12-16)15-25-21(22-3)24-14-18-8-9-23-20(13-18)26-10-4-5-11-26/h6-9,12-13H,4-5,10-11,14-15H2,1-3H3,(H2,22,24,25). The predicted molar refractivity (Wildman–Crippen MR) is 109 cm³/mol. The number of nitrogens with zero attached hydrogens (tertiary/aromatic N) is 3. The lowest BCUT2D eigenvalue weighted by atomic mass is 10.1. The quantitative estimate of drug-likeness (QED) is 0.642. The van der Waals surface area contributed by atoms with E-state index < -0.39 is 0 Å². The molecule has 1 saturated heterocycles. The Labute approximate surface area is 156 Å². The zero-order valence-electron chi connectivity index (χ0n) is 16.0. The fourth-order valence-electron chi connectivity index (χ4n) is 3.32. The minimum Gasteiger partial charge on any atom is -0.357 e. The molecule has 0 aliphatic carbocycles. The number of hydrogen-bond donors (Lipinski definition) is 2. The number of pyridine rings is 1. The summed E-state index contributed by atoms with van der Waals surface area (Å²) in [6, 6.07) is 10.8. The number of benzene rings is 1. The van der Waals surface area contributed by atoms with E-state index in [9.17, 15) is 0 Å². The molecule has 0 unspecified atom stereocenters. The second-order valence-electron chi connectivity index (χ2n) is 6.93. The Balaban J connectivity index is 1.55. The molecule has 138 valence electrons. The van der Waals surface area contributed by atoms with Crippen LogP contribution in [0.5, 0.6) is 0 Å². The largest absolute Gasteiger partial charge is 0.357 e. The van der Waals surface area contributed by atoms with Crippen LogP contribution in [0.1, 0.15) is 35.1 Å². The number of guanidine groups is 1. The molecule has 1 aromatic heterocycles. The molecule has 3 rings (SSSR count). The molecule has 0 spiro atoms. The molecule has 1 fully saturated rings. The summed E-state index contributed by atoms with van der Waals surface area (Å²) in [5, 5.41) is 6.80. The third-order valence-electron chi connectivity index (χ3n) is 4.87. The summed E-state index contributed by atoms with van der Waals surface area (Å²) < 4.78 is 0. The Hall–Kier alpha value is -2.56. The Bertz CT molecular complexity index is 763. The molecule has 2 aromatic rings. The van der Waals surface area contributed by atoms with Gasteiger partial charge in [-0.15, -0.1) is 0 Å². The first-order valence-corrected chi connectivity index (χ1v) is 9.36. The van der Waals surface area contributed by atoms with Crippen LogP contribution in [0.2, 0.25) is 0 Å². The van der Waals surface area contributed by atoms with Gasteiger partial charge in [0.15, 0.2) is 5.96 Å². The van der Waals surface area contributed by atoms with Crippen molar-refractivity contribution in [2.45, 2.75) is 39.8 Å². The van der Waals surface area contributed by atoms with Gasteiger partial charge in [0.25, 0.3) is 0 Å². The summed E-state index contributed by atoms with van der Waals surface area (Å²) >= 11 is 0. The van der Waals surface area contributed by atoms with Crippen LogP contribution >= 0.6 is 0 Å². The maximum Gasteiger partial charge on any atom is 0.191 e. The van der Waals surface area contributed by atoms with E-state index >= 15 is 0 Å². The van der Waals surface area contributed by atoms with Gasteiger partial charge in [0, 0.05) is 39.4 Å². The summed E-state index contributed by atoms with van der Waals surface area (Å²) in [6.07, 6.45) is 4.43. The summed E-state index contributed by atoms with van der Waals surface area (Å²) in [4.78, 5) is 11.2. The maximum absolute atomic E-state index is 4.51. The molecule has 0 bridgehead atoms. The molecule has 1 aliphatic rings. The maximum atomic E-state index is 4.51. The number of aryl methyl sites for hydroxylation is 2. The van der Waals surface area contributed by atoms with E-state index in [4.69, 9.17) is 0 Å². The molecular formula is C21H29N5. The van der Waals surface area contributed by atoms with E-state index in [0.717, 1.165) is 38.0 Å². The highest BCUT2D eigenvalue weighted by molar-refractivity contribution is 5.79. The summed E-state index contributed by atoms with van der Waals surface area (Å²) in [6.45, 7) is 8.00. The SMILES string of the molecule is CN=C(NCc1ccnc(N2CCCC2)c1)NCc1ccc(C)cc1C. The van der Waals surface area contributed by atoms with Crippen molar-refractivity contribution in [2.24, 2.45) is 4.99 Å². The van der Waals surface area contributed by atoms with Crippen molar-refractivity contribution in [3.05, 3.63) is 58.8 Å². The molecule has 5 nitrogen and oxygen atoms in total. The Morgan fingerprint density at radius 1 is 1.08 bits per heavy atom. The first kappa shape index (κ1) is 18.2.